The number of hydrogen-bond donors (Lipinski definition) is 0. The second-order valence-electron chi connectivity index (χ2n) is 6.19. The Hall–Kier alpha value is -1.04. The molecule has 0 amide bonds. The van der Waals surface area contributed by atoms with Crippen LogP contribution in [0.25, 0.3) is 0 Å². The van der Waals surface area contributed by atoms with Gasteiger partial charge in [-0.2, -0.15) is 0 Å². The molecule has 0 spiro atoms. The van der Waals surface area contributed by atoms with Crippen molar-refractivity contribution >= 4 is 0 Å². The van der Waals surface area contributed by atoms with E-state index in [0.717, 1.165) is 0 Å². The van der Waals surface area contributed by atoms with E-state index in [1.54, 1.807) is 0 Å². The maximum atomic E-state index is 2.31. The summed E-state index contributed by atoms with van der Waals surface area (Å²) < 4.78 is 0. The van der Waals surface area contributed by atoms with Gasteiger partial charge < -0.3 is 0 Å². The largest absolute Gasteiger partial charge is 0.0871 e. The second kappa shape index (κ2) is 13.9. The first-order valence-electron chi connectivity index (χ1n) is 8.60. The van der Waals surface area contributed by atoms with Crippen LogP contribution in [0.15, 0.2) is 47.6 Å². The van der Waals surface area contributed by atoms with Crippen LogP contribution < -0.4 is 0 Å². The number of rotatable bonds is 3. The minimum Gasteiger partial charge on any atom is -0.0871 e. The zero-order valence-electron chi connectivity index (χ0n) is 15.8. The summed E-state index contributed by atoms with van der Waals surface area (Å²) in [5, 5.41) is 0. The molecule has 0 aromatic heterocycles. The van der Waals surface area contributed by atoms with Crippen LogP contribution >= 0.6 is 0 Å². The number of hydrogen-bond acceptors (Lipinski definition) is 0. The topological polar surface area (TPSA) is 0 Å². The van der Waals surface area contributed by atoms with Crippen molar-refractivity contribution in [3.8, 4) is 0 Å². The summed E-state index contributed by atoms with van der Waals surface area (Å²) in [6, 6.07) is 0. The van der Waals surface area contributed by atoms with Gasteiger partial charge in [-0.1, -0.05) is 104 Å². The molecule has 0 aromatic rings. The van der Waals surface area contributed by atoms with Crippen molar-refractivity contribution in [1.82, 2.24) is 0 Å². The molecule has 0 N–H and O–H groups in total. The zero-order valence-corrected chi connectivity index (χ0v) is 15.8. The van der Waals surface area contributed by atoms with E-state index in [1.807, 2.05) is 0 Å². The van der Waals surface area contributed by atoms with Crippen LogP contribution in [0.5, 0.6) is 0 Å². The van der Waals surface area contributed by atoms with E-state index in [-0.39, 0.29) is 5.41 Å². The van der Waals surface area contributed by atoms with Crippen molar-refractivity contribution in [2.45, 2.75) is 81.1 Å². The molecule has 0 radical (unpaired) electrons. The molecule has 0 aromatic carbocycles. The quantitative estimate of drug-likeness (QED) is 0.501. The summed E-state index contributed by atoms with van der Waals surface area (Å²) in [5.41, 5.74) is 2.83. The van der Waals surface area contributed by atoms with Crippen molar-refractivity contribution in [1.29, 1.82) is 0 Å². The van der Waals surface area contributed by atoms with Crippen molar-refractivity contribution in [2.24, 2.45) is 5.41 Å². The fourth-order valence-corrected chi connectivity index (χ4v) is 1.81. The molecule has 0 saturated heterocycles. The monoisotopic (exact) mass is 290 g/mol. The average Bonchev–Trinajstić information content (AvgIpc) is 2.52. The van der Waals surface area contributed by atoms with Gasteiger partial charge in [-0.05, 0) is 25.0 Å². The van der Waals surface area contributed by atoms with E-state index < -0.39 is 0 Å². The average molecular weight is 291 g/mol. The molecule has 1 rings (SSSR count). The van der Waals surface area contributed by atoms with Gasteiger partial charge in [0, 0.05) is 5.41 Å². The molecule has 1 aliphatic carbocycles. The maximum Gasteiger partial charge on any atom is 0.00166 e. The van der Waals surface area contributed by atoms with Crippen LogP contribution in [-0.4, -0.2) is 0 Å². The summed E-state index contributed by atoms with van der Waals surface area (Å²) in [6.45, 7) is 17.3. The SMILES string of the molecule is C/C=C\C1=CC(C)(C)C=CC=C1C.CCC.CCCCC. The Labute approximate surface area is 134 Å². The molecule has 0 atom stereocenters. The van der Waals surface area contributed by atoms with Crippen LogP contribution in [0, 0.1) is 5.41 Å². The summed E-state index contributed by atoms with van der Waals surface area (Å²) in [5.74, 6) is 0. The number of allylic oxidation sites excluding steroid dienone is 8. The Balaban J connectivity index is 0. The van der Waals surface area contributed by atoms with Crippen LogP contribution in [-0.2, 0) is 0 Å². The fourth-order valence-electron chi connectivity index (χ4n) is 1.81. The summed E-state index contributed by atoms with van der Waals surface area (Å²) in [7, 11) is 0. The highest BCUT2D eigenvalue weighted by Crippen LogP contribution is 2.27. The molecule has 0 fully saturated rings. The predicted octanol–water partition coefficient (Wildman–Crippen LogP) is 7.64. The first-order chi connectivity index (χ1) is 9.88. The Bertz CT molecular complexity index is 346. The first-order valence-corrected chi connectivity index (χ1v) is 8.60. The highest BCUT2D eigenvalue weighted by atomic mass is 14.2. The van der Waals surface area contributed by atoms with Gasteiger partial charge in [0.05, 0.1) is 0 Å². The van der Waals surface area contributed by atoms with E-state index in [0.29, 0.717) is 0 Å². The molecular formula is C21H38. The zero-order chi connectivity index (χ0) is 16.7. The van der Waals surface area contributed by atoms with Gasteiger partial charge in [0.15, 0.2) is 0 Å². The minimum atomic E-state index is 0.170. The van der Waals surface area contributed by atoms with Crippen LogP contribution in [0.4, 0.5) is 0 Å². The van der Waals surface area contributed by atoms with Gasteiger partial charge in [0.1, 0.15) is 0 Å². The predicted molar refractivity (Wildman–Crippen MR) is 101 cm³/mol. The van der Waals surface area contributed by atoms with E-state index in [2.05, 4.69) is 91.8 Å². The van der Waals surface area contributed by atoms with Gasteiger partial charge in [0.25, 0.3) is 0 Å². The lowest BCUT2D eigenvalue weighted by Crippen LogP contribution is -2.02. The Kier molecular flexibility index (Phi) is 14.7. The third-order valence-corrected chi connectivity index (χ3v) is 2.91. The molecule has 0 bridgehead atoms. The number of unbranched alkanes of at least 4 members (excludes halogenated alkanes) is 2. The fraction of sp³-hybridized carbons (Fsp3) is 0.619. The van der Waals surface area contributed by atoms with Gasteiger partial charge in [0.2, 0.25) is 0 Å². The first kappa shape index (κ1) is 22.2. The Morgan fingerprint density at radius 2 is 1.57 bits per heavy atom. The molecule has 0 heterocycles. The molecule has 0 saturated carbocycles. The lowest BCUT2D eigenvalue weighted by Gasteiger charge is -2.14. The van der Waals surface area contributed by atoms with Crippen LogP contribution in [0.3, 0.4) is 0 Å². The van der Waals surface area contributed by atoms with Gasteiger partial charge in [-0.3, -0.25) is 0 Å². The summed E-state index contributed by atoms with van der Waals surface area (Å²) >= 11 is 0. The van der Waals surface area contributed by atoms with Gasteiger partial charge >= 0.3 is 0 Å². The lowest BCUT2D eigenvalue weighted by molar-refractivity contribution is 0.624. The Morgan fingerprint density at radius 1 is 1.05 bits per heavy atom. The molecule has 122 valence electrons. The maximum absolute atomic E-state index is 2.31. The molecule has 0 nitrogen and oxygen atoms in total. The van der Waals surface area contributed by atoms with Crippen molar-refractivity contribution < 1.29 is 0 Å². The molecule has 1 aliphatic rings. The molecule has 0 aliphatic heterocycles. The molecular weight excluding hydrogens is 252 g/mol. The highest BCUT2D eigenvalue weighted by molar-refractivity contribution is 5.44. The second-order valence-corrected chi connectivity index (χ2v) is 6.19. The summed E-state index contributed by atoms with van der Waals surface area (Å²) in [4.78, 5) is 0. The highest BCUT2D eigenvalue weighted by Gasteiger charge is 2.12. The summed E-state index contributed by atoms with van der Waals surface area (Å²) in [6.07, 6.45) is 18.4. The van der Waals surface area contributed by atoms with E-state index in [1.165, 1.54) is 36.8 Å². The van der Waals surface area contributed by atoms with Gasteiger partial charge in [-0.25, -0.2) is 0 Å². The van der Waals surface area contributed by atoms with Gasteiger partial charge in [-0.15, -0.1) is 0 Å². The lowest BCUT2D eigenvalue weighted by atomic mass is 9.90. The van der Waals surface area contributed by atoms with Crippen LogP contribution in [0.2, 0.25) is 0 Å². The molecule has 0 unspecified atom stereocenters. The normalized spacial score (nSPS) is 16.0. The van der Waals surface area contributed by atoms with Crippen molar-refractivity contribution in [3.05, 3.63) is 47.6 Å². The minimum absolute atomic E-state index is 0.170. The van der Waals surface area contributed by atoms with Crippen molar-refractivity contribution in [2.75, 3.05) is 0 Å². The molecule has 0 heteroatoms. The third-order valence-electron chi connectivity index (χ3n) is 2.91. The van der Waals surface area contributed by atoms with E-state index in [9.17, 15) is 0 Å². The smallest absolute Gasteiger partial charge is 0.00166 e. The molecule has 21 heavy (non-hydrogen) atoms. The standard InChI is InChI=1S/C13H18.C5H12.C3H8/c1-5-7-12-10-13(3,4)9-6-8-11(12)2;1-3-5-4-2;1-3-2/h5-10H,1-4H3;3-5H2,1-2H3;3H2,1-2H3/b7-5-;;. The Morgan fingerprint density at radius 3 is 1.95 bits per heavy atom. The third kappa shape index (κ3) is 13.7. The van der Waals surface area contributed by atoms with E-state index >= 15 is 0 Å². The van der Waals surface area contributed by atoms with Crippen LogP contribution in [0.1, 0.15) is 81.1 Å². The van der Waals surface area contributed by atoms with Crippen molar-refractivity contribution in [3.63, 3.8) is 0 Å². The van der Waals surface area contributed by atoms with E-state index in [4.69, 9.17) is 0 Å².